The van der Waals surface area contributed by atoms with Gasteiger partial charge in [0, 0.05) is 12.2 Å². The van der Waals surface area contributed by atoms with Crippen LogP contribution in [0, 0.1) is 5.82 Å². The second kappa shape index (κ2) is 4.73. The van der Waals surface area contributed by atoms with Gasteiger partial charge in [0.2, 0.25) is 11.8 Å². The highest BCUT2D eigenvalue weighted by molar-refractivity contribution is 6.00. The largest absolute Gasteiger partial charge is 0.398 e. The van der Waals surface area contributed by atoms with Crippen LogP contribution >= 0.6 is 0 Å². The van der Waals surface area contributed by atoms with Gasteiger partial charge in [-0.15, -0.1) is 0 Å². The molecular formula is C12H14FN3O2. The van der Waals surface area contributed by atoms with Gasteiger partial charge < -0.3 is 5.73 Å². The Kier molecular flexibility index (Phi) is 3.29. The molecule has 2 amide bonds. The molecule has 0 aliphatic carbocycles. The van der Waals surface area contributed by atoms with Crippen molar-refractivity contribution in [2.45, 2.75) is 19.5 Å². The molecule has 1 atom stereocenters. The molecule has 1 heterocycles. The van der Waals surface area contributed by atoms with Gasteiger partial charge >= 0.3 is 0 Å². The van der Waals surface area contributed by atoms with Crippen LogP contribution in [0.5, 0.6) is 0 Å². The number of imide groups is 1. The number of carbonyl (C=O) groups excluding carboxylic acids is 2. The van der Waals surface area contributed by atoms with Crippen molar-refractivity contribution in [3.05, 3.63) is 29.6 Å². The Morgan fingerprint density at radius 1 is 1.50 bits per heavy atom. The zero-order valence-corrected chi connectivity index (χ0v) is 9.94. The molecule has 1 aromatic carbocycles. The average molecular weight is 251 g/mol. The van der Waals surface area contributed by atoms with Gasteiger partial charge in [-0.3, -0.25) is 19.8 Å². The number of hydrogen-bond donors (Lipinski definition) is 2. The van der Waals surface area contributed by atoms with Crippen LogP contribution in [0.25, 0.3) is 0 Å². The Labute approximate surface area is 104 Å². The van der Waals surface area contributed by atoms with Crippen LogP contribution in [-0.4, -0.2) is 29.3 Å². The molecule has 0 saturated carbocycles. The Balaban J connectivity index is 2.17. The molecule has 0 spiro atoms. The third-order valence-corrected chi connectivity index (χ3v) is 3.02. The lowest BCUT2D eigenvalue weighted by molar-refractivity contribution is -0.139. The molecule has 0 radical (unpaired) electrons. The van der Waals surface area contributed by atoms with Gasteiger partial charge in [0.25, 0.3) is 0 Å². The van der Waals surface area contributed by atoms with E-state index in [2.05, 4.69) is 5.32 Å². The summed E-state index contributed by atoms with van der Waals surface area (Å²) in [5, 5.41) is 2.26. The Bertz CT molecular complexity index is 504. The number of piperazine rings is 1. The number of nitrogens with two attached hydrogens (primary N) is 1. The summed E-state index contributed by atoms with van der Waals surface area (Å²) in [7, 11) is 0. The minimum absolute atomic E-state index is 0.129. The van der Waals surface area contributed by atoms with E-state index in [9.17, 15) is 14.0 Å². The van der Waals surface area contributed by atoms with E-state index in [4.69, 9.17) is 5.73 Å². The minimum Gasteiger partial charge on any atom is -0.398 e. The predicted molar refractivity (Wildman–Crippen MR) is 63.8 cm³/mol. The first-order chi connectivity index (χ1) is 8.47. The van der Waals surface area contributed by atoms with Crippen molar-refractivity contribution in [1.29, 1.82) is 0 Å². The second-order valence-corrected chi connectivity index (χ2v) is 4.34. The van der Waals surface area contributed by atoms with E-state index in [0.29, 0.717) is 17.8 Å². The third-order valence-electron chi connectivity index (χ3n) is 3.02. The van der Waals surface area contributed by atoms with Crippen molar-refractivity contribution in [3.8, 4) is 0 Å². The first-order valence-corrected chi connectivity index (χ1v) is 5.59. The van der Waals surface area contributed by atoms with Gasteiger partial charge in [0.1, 0.15) is 5.82 Å². The summed E-state index contributed by atoms with van der Waals surface area (Å²) in [6.07, 6.45) is 0. The molecule has 6 heteroatoms. The Morgan fingerprint density at radius 2 is 2.22 bits per heavy atom. The number of amides is 2. The van der Waals surface area contributed by atoms with E-state index in [1.54, 1.807) is 17.9 Å². The fourth-order valence-electron chi connectivity index (χ4n) is 1.89. The Morgan fingerprint density at radius 3 is 2.89 bits per heavy atom. The molecule has 1 saturated heterocycles. The fraction of sp³-hybridized carbons (Fsp3) is 0.333. The van der Waals surface area contributed by atoms with Crippen molar-refractivity contribution >= 4 is 17.5 Å². The number of nitrogens with zero attached hydrogens (tertiary/aromatic N) is 1. The zero-order chi connectivity index (χ0) is 13.3. The first kappa shape index (κ1) is 12.5. The predicted octanol–water partition coefficient (Wildman–Crippen LogP) is 0.255. The molecule has 0 bridgehead atoms. The molecule has 96 valence electrons. The molecule has 1 aliphatic heterocycles. The average Bonchev–Trinajstić information content (AvgIpc) is 2.29. The van der Waals surface area contributed by atoms with Gasteiger partial charge in [-0.05, 0) is 24.6 Å². The molecule has 0 aromatic heterocycles. The molecule has 1 unspecified atom stereocenters. The van der Waals surface area contributed by atoms with E-state index in [1.807, 2.05) is 0 Å². The summed E-state index contributed by atoms with van der Waals surface area (Å²) in [6.45, 7) is 2.18. The first-order valence-electron chi connectivity index (χ1n) is 5.59. The highest BCUT2D eigenvalue weighted by Crippen LogP contribution is 2.18. The second-order valence-electron chi connectivity index (χ2n) is 4.34. The zero-order valence-electron chi connectivity index (χ0n) is 9.94. The highest BCUT2D eigenvalue weighted by Gasteiger charge is 2.30. The molecule has 18 heavy (non-hydrogen) atoms. The summed E-state index contributed by atoms with van der Waals surface area (Å²) in [4.78, 5) is 24.5. The van der Waals surface area contributed by atoms with Crippen molar-refractivity contribution < 1.29 is 14.0 Å². The maximum atomic E-state index is 12.9. The van der Waals surface area contributed by atoms with Crippen molar-refractivity contribution in [2.24, 2.45) is 0 Å². The van der Waals surface area contributed by atoms with Crippen LogP contribution in [0.15, 0.2) is 18.2 Å². The minimum atomic E-state index is -0.410. The molecule has 1 fully saturated rings. The van der Waals surface area contributed by atoms with Crippen LogP contribution in [0.1, 0.15) is 12.5 Å². The topological polar surface area (TPSA) is 75.4 Å². The van der Waals surface area contributed by atoms with E-state index < -0.39 is 11.9 Å². The van der Waals surface area contributed by atoms with Crippen LogP contribution in [0.2, 0.25) is 0 Å². The number of hydrogen-bond acceptors (Lipinski definition) is 4. The van der Waals surface area contributed by atoms with Crippen LogP contribution in [0.4, 0.5) is 10.1 Å². The summed E-state index contributed by atoms with van der Waals surface area (Å²) in [5.74, 6) is -1.07. The van der Waals surface area contributed by atoms with Crippen LogP contribution < -0.4 is 11.1 Å². The Hall–Kier alpha value is -1.95. The highest BCUT2D eigenvalue weighted by atomic mass is 19.1. The summed E-state index contributed by atoms with van der Waals surface area (Å²) in [5.41, 5.74) is 6.72. The van der Waals surface area contributed by atoms with Gasteiger partial charge in [-0.25, -0.2) is 4.39 Å². The quantitative estimate of drug-likeness (QED) is 0.584. The number of benzene rings is 1. The number of carbonyl (C=O) groups is 2. The van der Waals surface area contributed by atoms with Gasteiger partial charge in [-0.1, -0.05) is 6.07 Å². The van der Waals surface area contributed by atoms with Crippen LogP contribution in [0.3, 0.4) is 0 Å². The van der Waals surface area contributed by atoms with Crippen molar-refractivity contribution in [3.63, 3.8) is 0 Å². The van der Waals surface area contributed by atoms with E-state index >= 15 is 0 Å². The molecule has 1 aliphatic rings. The molecule has 1 aromatic rings. The standard InChI is InChI=1S/C12H14FN3O2/c1-7-12(18)15-11(17)6-16(7)5-8-2-3-9(13)4-10(8)14/h2-4,7H,5-6,14H2,1H3,(H,15,17,18). The SMILES string of the molecule is CC1C(=O)NC(=O)CN1Cc1ccc(F)cc1N. The van der Waals surface area contributed by atoms with E-state index in [-0.39, 0.29) is 18.4 Å². The van der Waals surface area contributed by atoms with Gasteiger partial charge in [0.05, 0.1) is 12.6 Å². The van der Waals surface area contributed by atoms with Crippen molar-refractivity contribution in [1.82, 2.24) is 10.2 Å². The van der Waals surface area contributed by atoms with Crippen molar-refractivity contribution in [2.75, 3.05) is 12.3 Å². The monoisotopic (exact) mass is 251 g/mol. The summed E-state index contributed by atoms with van der Waals surface area (Å²) >= 11 is 0. The number of halogens is 1. The lowest BCUT2D eigenvalue weighted by atomic mass is 10.1. The van der Waals surface area contributed by atoms with E-state index in [1.165, 1.54) is 12.1 Å². The lowest BCUT2D eigenvalue weighted by Crippen LogP contribution is -2.56. The van der Waals surface area contributed by atoms with E-state index in [0.717, 1.165) is 0 Å². The van der Waals surface area contributed by atoms with Crippen LogP contribution in [-0.2, 0) is 16.1 Å². The molecular weight excluding hydrogens is 237 g/mol. The maximum Gasteiger partial charge on any atom is 0.243 e. The lowest BCUT2D eigenvalue weighted by Gasteiger charge is -2.31. The third kappa shape index (κ3) is 2.48. The number of nitrogen functional groups attached to an aromatic ring is 1. The normalized spacial score (nSPS) is 20.9. The number of anilines is 1. The summed E-state index contributed by atoms with van der Waals surface area (Å²) in [6, 6.07) is 3.69. The molecule has 3 N–H and O–H groups in total. The number of nitrogens with one attached hydrogen (secondary N) is 1. The van der Waals surface area contributed by atoms with Gasteiger partial charge in [-0.2, -0.15) is 0 Å². The molecule has 2 rings (SSSR count). The smallest absolute Gasteiger partial charge is 0.243 e. The fourth-order valence-corrected chi connectivity index (χ4v) is 1.89. The molecule has 5 nitrogen and oxygen atoms in total. The summed E-state index contributed by atoms with van der Waals surface area (Å²) < 4.78 is 12.9. The van der Waals surface area contributed by atoms with Gasteiger partial charge in [0.15, 0.2) is 0 Å². The maximum absolute atomic E-state index is 12.9. The number of rotatable bonds is 2.